The van der Waals surface area contributed by atoms with Crippen LogP contribution in [0.1, 0.15) is 13.8 Å². The molecule has 0 saturated carbocycles. The van der Waals surface area contributed by atoms with Crippen LogP contribution in [0.4, 0.5) is 13.2 Å². The summed E-state index contributed by atoms with van der Waals surface area (Å²) in [6, 6.07) is 0. The summed E-state index contributed by atoms with van der Waals surface area (Å²) >= 11 is 0. The Morgan fingerprint density at radius 3 is 2.19 bits per heavy atom. The predicted molar refractivity (Wildman–Crippen MR) is 55.6 cm³/mol. The van der Waals surface area contributed by atoms with Gasteiger partial charge < -0.3 is 5.32 Å². The van der Waals surface area contributed by atoms with E-state index in [1.165, 1.54) is 6.92 Å². The van der Waals surface area contributed by atoms with E-state index in [-0.39, 0.29) is 18.8 Å². The molecule has 4 nitrogen and oxygen atoms in total. The lowest BCUT2D eigenvalue weighted by Crippen LogP contribution is -2.41. The fourth-order valence-electron chi connectivity index (χ4n) is 1.11. The zero-order valence-corrected chi connectivity index (χ0v) is 10.2. The Balaban J connectivity index is 4.44. The Bertz CT molecular complexity index is 290. The first kappa shape index (κ1) is 15.7. The van der Waals surface area contributed by atoms with Gasteiger partial charge in [-0.15, -0.1) is 0 Å². The molecule has 0 aliphatic heterocycles. The second-order valence-electron chi connectivity index (χ2n) is 3.21. The number of hydrogen-bond donors (Lipinski definition) is 1. The van der Waals surface area contributed by atoms with E-state index in [1.807, 2.05) is 0 Å². The minimum atomic E-state index is -4.50. The molecule has 0 spiro atoms. The zero-order valence-electron chi connectivity index (χ0n) is 9.34. The molecule has 16 heavy (non-hydrogen) atoms. The van der Waals surface area contributed by atoms with Gasteiger partial charge in [-0.3, -0.25) is 0 Å². The number of nitrogens with zero attached hydrogens (tertiary/aromatic N) is 1. The van der Waals surface area contributed by atoms with E-state index in [0.29, 0.717) is 10.8 Å². The van der Waals surface area contributed by atoms with Gasteiger partial charge in [-0.05, 0) is 6.54 Å². The first-order valence-electron chi connectivity index (χ1n) is 4.98. The Morgan fingerprint density at radius 2 is 1.81 bits per heavy atom. The van der Waals surface area contributed by atoms with Crippen molar-refractivity contribution in [1.29, 1.82) is 0 Å². The van der Waals surface area contributed by atoms with Crippen molar-refractivity contribution in [3.63, 3.8) is 0 Å². The number of rotatable bonds is 7. The molecule has 98 valence electrons. The molecule has 0 aromatic rings. The third-order valence-electron chi connectivity index (χ3n) is 1.89. The minimum Gasteiger partial charge on any atom is -0.316 e. The molecule has 0 aromatic heterocycles. The van der Waals surface area contributed by atoms with Crippen LogP contribution in [0.15, 0.2) is 0 Å². The molecule has 0 unspecified atom stereocenters. The van der Waals surface area contributed by atoms with Crippen LogP contribution in [-0.2, 0) is 10.0 Å². The number of halogens is 3. The first-order valence-corrected chi connectivity index (χ1v) is 6.59. The summed E-state index contributed by atoms with van der Waals surface area (Å²) in [6.45, 7) is 2.33. The summed E-state index contributed by atoms with van der Waals surface area (Å²) in [6.07, 6.45) is -4.50. The van der Waals surface area contributed by atoms with Gasteiger partial charge in [-0.2, -0.15) is 17.5 Å². The zero-order chi connectivity index (χ0) is 12.8. The Hall–Kier alpha value is -0.340. The van der Waals surface area contributed by atoms with Gasteiger partial charge in [0.25, 0.3) is 0 Å². The van der Waals surface area contributed by atoms with Crippen LogP contribution in [-0.4, -0.2) is 50.8 Å². The predicted octanol–water partition coefficient (Wildman–Crippen LogP) is 0.810. The van der Waals surface area contributed by atoms with Gasteiger partial charge >= 0.3 is 6.18 Å². The van der Waals surface area contributed by atoms with Crippen molar-refractivity contribution < 1.29 is 21.6 Å². The Kier molecular flexibility index (Phi) is 6.27. The van der Waals surface area contributed by atoms with Gasteiger partial charge in [-0.25, -0.2) is 8.42 Å². The molecule has 1 N–H and O–H groups in total. The van der Waals surface area contributed by atoms with Crippen LogP contribution < -0.4 is 5.32 Å². The fraction of sp³-hybridized carbons (Fsp3) is 1.00. The second kappa shape index (κ2) is 6.41. The molecule has 0 aliphatic rings. The van der Waals surface area contributed by atoms with E-state index in [1.54, 1.807) is 6.92 Å². The largest absolute Gasteiger partial charge is 0.402 e. The van der Waals surface area contributed by atoms with Crippen molar-refractivity contribution in [1.82, 2.24) is 9.62 Å². The van der Waals surface area contributed by atoms with Crippen LogP contribution in [0.25, 0.3) is 0 Å². The highest BCUT2D eigenvalue weighted by Crippen LogP contribution is 2.18. The molecule has 0 aliphatic carbocycles. The van der Waals surface area contributed by atoms with E-state index in [2.05, 4.69) is 5.32 Å². The van der Waals surface area contributed by atoms with Crippen molar-refractivity contribution in [3.8, 4) is 0 Å². The van der Waals surface area contributed by atoms with E-state index in [9.17, 15) is 21.6 Å². The normalized spacial score (nSPS) is 13.4. The summed E-state index contributed by atoms with van der Waals surface area (Å²) in [5, 5.41) is 2.76. The van der Waals surface area contributed by atoms with E-state index in [0.717, 1.165) is 0 Å². The Labute approximate surface area is 93.9 Å². The van der Waals surface area contributed by atoms with Gasteiger partial charge in [0.15, 0.2) is 0 Å². The van der Waals surface area contributed by atoms with Gasteiger partial charge in [0.05, 0.1) is 5.75 Å². The topological polar surface area (TPSA) is 49.4 Å². The van der Waals surface area contributed by atoms with Crippen LogP contribution in [0, 0.1) is 0 Å². The second-order valence-corrected chi connectivity index (χ2v) is 5.30. The summed E-state index contributed by atoms with van der Waals surface area (Å²) < 4.78 is 59.7. The smallest absolute Gasteiger partial charge is 0.316 e. The average Bonchev–Trinajstić information content (AvgIpc) is 2.13. The molecule has 0 rings (SSSR count). The summed E-state index contributed by atoms with van der Waals surface area (Å²) in [4.78, 5) is 0. The van der Waals surface area contributed by atoms with E-state index >= 15 is 0 Å². The minimum absolute atomic E-state index is 0.160. The maximum atomic E-state index is 12.1. The molecule has 0 heterocycles. The lowest BCUT2D eigenvalue weighted by molar-refractivity contribution is -0.135. The van der Waals surface area contributed by atoms with E-state index in [4.69, 9.17) is 0 Å². The van der Waals surface area contributed by atoms with E-state index < -0.39 is 22.7 Å². The molecule has 0 amide bonds. The first-order chi connectivity index (χ1) is 7.23. The monoisotopic (exact) mass is 262 g/mol. The van der Waals surface area contributed by atoms with Crippen molar-refractivity contribution in [3.05, 3.63) is 0 Å². The molecule has 0 atom stereocenters. The van der Waals surface area contributed by atoms with Crippen LogP contribution >= 0.6 is 0 Å². The van der Waals surface area contributed by atoms with Crippen molar-refractivity contribution in [2.24, 2.45) is 0 Å². The molecule has 0 aromatic carbocycles. The molecular formula is C8H17F3N2O2S. The fourth-order valence-corrected chi connectivity index (χ4v) is 2.51. The quantitative estimate of drug-likeness (QED) is 0.691. The van der Waals surface area contributed by atoms with Crippen molar-refractivity contribution in [2.45, 2.75) is 20.0 Å². The highest BCUT2D eigenvalue weighted by Gasteiger charge is 2.35. The van der Waals surface area contributed by atoms with Gasteiger partial charge in [0.1, 0.15) is 6.54 Å². The van der Waals surface area contributed by atoms with Gasteiger partial charge in [0, 0.05) is 13.1 Å². The molecular weight excluding hydrogens is 245 g/mol. The number of sulfonamides is 1. The average molecular weight is 262 g/mol. The highest BCUT2D eigenvalue weighted by molar-refractivity contribution is 7.89. The maximum absolute atomic E-state index is 12.1. The lowest BCUT2D eigenvalue weighted by Gasteiger charge is -2.21. The third kappa shape index (κ3) is 6.29. The SMILES string of the molecule is CCNCCS(=O)(=O)N(CC)CC(F)(F)F. The van der Waals surface area contributed by atoms with Crippen molar-refractivity contribution >= 4 is 10.0 Å². The summed E-state index contributed by atoms with van der Waals surface area (Å²) in [5.41, 5.74) is 0. The van der Waals surface area contributed by atoms with Crippen LogP contribution in [0.3, 0.4) is 0 Å². The van der Waals surface area contributed by atoms with Crippen LogP contribution in [0.2, 0.25) is 0 Å². The molecule has 0 radical (unpaired) electrons. The van der Waals surface area contributed by atoms with Crippen LogP contribution in [0.5, 0.6) is 0 Å². The number of hydrogen-bond acceptors (Lipinski definition) is 3. The molecule has 8 heteroatoms. The summed E-state index contributed by atoms with van der Waals surface area (Å²) in [5.74, 6) is -0.315. The third-order valence-corrected chi connectivity index (χ3v) is 3.78. The Morgan fingerprint density at radius 1 is 1.25 bits per heavy atom. The molecule has 0 fully saturated rings. The molecule has 0 saturated heterocycles. The van der Waals surface area contributed by atoms with Gasteiger partial charge in [0.2, 0.25) is 10.0 Å². The maximum Gasteiger partial charge on any atom is 0.402 e. The lowest BCUT2D eigenvalue weighted by atomic mass is 10.6. The highest BCUT2D eigenvalue weighted by atomic mass is 32.2. The standard InChI is InChI=1S/C8H17F3N2O2S/c1-3-12-5-6-16(14,15)13(4-2)7-8(9,10)11/h12H,3-7H2,1-2H3. The summed E-state index contributed by atoms with van der Waals surface area (Å²) in [7, 11) is -3.83. The number of nitrogens with one attached hydrogen (secondary N) is 1. The van der Waals surface area contributed by atoms with Gasteiger partial charge in [-0.1, -0.05) is 13.8 Å². The molecule has 0 bridgehead atoms. The number of alkyl halides is 3. The van der Waals surface area contributed by atoms with Crippen molar-refractivity contribution in [2.75, 3.05) is 31.9 Å².